The minimum absolute atomic E-state index is 0. The first-order valence-corrected chi connectivity index (χ1v) is 6.10. The Balaban J connectivity index is 0.00000256. The van der Waals surface area contributed by atoms with E-state index in [0.29, 0.717) is 12.6 Å². The molecule has 102 valence electrons. The zero-order chi connectivity index (χ0) is 12.2. The molecule has 0 radical (unpaired) electrons. The van der Waals surface area contributed by atoms with Crippen LogP contribution in [0.2, 0.25) is 0 Å². The van der Waals surface area contributed by atoms with Crippen LogP contribution in [0.4, 0.5) is 0 Å². The summed E-state index contributed by atoms with van der Waals surface area (Å²) in [5, 5.41) is 6.33. The van der Waals surface area contributed by atoms with E-state index in [9.17, 15) is 4.79 Å². The monoisotopic (exact) mass is 263 g/mol. The fourth-order valence-electron chi connectivity index (χ4n) is 2.06. The van der Waals surface area contributed by atoms with Crippen molar-refractivity contribution in [3.8, 4) is 0 Å². The second-order valence-corrected chi connectivity index (χ2v) is 5.69. The van der Waals surface area contributed by atoms with Crippen molar-refractivity contribution in [1.29, 1.82) is 0 Å². The van der Waals surface area contributed by atoms with Gasteiger partial charge in [0.25, 0.3) is 0 Å². The fourth-order valence-corrected chi connectivity index (χ4v) is 2.06. The maximum absolute atomic E-state index is 11.7. The SMILES string of the molecule is CN(CC(=O)NC(C)(C)C)C1CCNCC1.Cl. The number of carbonyl (C=O) groups is 1. The lowest BCUT2D eigenvalue weighted by Crippen LogP contribution is -2.49. The predicted octanol–water partition coefficient (Wildman–Crippen LogP) is 1.01. The number of carbonyl (C=O) groups excluding carboxylic acids is 1. The second-order valence-electron chi connectivity index (χ2n) is 5.69. The van der Waals surface area contributed by atoms with Gasteiger partial charge in [0.15, 0.2) is 0 Å². The molecule has 0 saturated carbocycles. The molecule has 1 rings (SSSR count). The summed E-state index contributed by atoms with van der Waals surface area (Å²) in [7, 11) is 2.04. The number of piperidine rings is 1. The van der Waals surface area contributed by atoms with Crippen molar-refractivity contribution in [1.82, 2.24) is 15.5 Å². The smallest absolute Gasteiger partial charge is 0.234 e. The molecule has 1 aliphatic rings. The van der Waals surface area contributed by atoms with Gasteiger partial charge in [-0.1, -0.05) is 0 Å². The Kier molecular flexibility index (Phi) is 7.05. The van der Waals surface area contributed by atoms with Gasteiger partial charge in [-0.25, -0.2) is 0 Å². The minimum atomic E-state index is -0.133. The van der Waals surface area contributed by atoms with E-state index in [2.05, 4.69) is 15.5 Å². The van der Waals surface area contributed by atoms with Crippen LogP contribution in [-0.2, 0) is 4.79 Å². The molecule has 1 fully saturated rings. The summed E-state index contributed by atoms with van der Waals surface area (Å²) >= 11 is 0. The first kappa shape index (κ1) is 16.7. The van der Waals surface area contributed by atoms with Crippen molar-refractivity contribution in [2.45, 2.75) is 45.2 Å². The lowest BCUT2D eigenvalue weighted by atomic mass is 10.1. The molecule has 0 aromatic heterocycles. The third kappa shape index (κ3) is 6.86. The molecule has 1 amide bonds. The van der Waals surface area contributed by atoms with Crippen LogP contribution in [0.15, 0.2) is 0 Å². The molecule has 2 N–H and O–H groups in total. The number of nitrogens with one attached hydrogen (secondary N) is 2. The fraction of sp³-hybridized carbons (Fsp3) is 0.917. The Morgan fingerprint density at radius 3 is 2.35 bits per heavy atom. The molecular weight excluding hydrogens is 238 g/mol. The van der Waals surface area contributed by atoms with Gasteiger partial charge in [-0.05, 0) is 53.8 Å². The highest BCUT2D eigenvalue weighted by Crippen LogP contribution is 2.09. The predicted molar refractivity (Wildman–Crippen MR) is 73.7 cm³/mol. The van der Waals surface area contributed by atoms with E-state index in [1.807, 2.05) is 27.8 Å². The molecule has 0 aliphatic carbocycles. The van der Waals surface area contributed by atoms with Crippen molar-refractivity contribution in [3.63, 3.8) is 0 Å². The van der Waals surface area contributed by atoms with E-state index in [-0.39, 0.29) is 23.9 Å². The van der Waals surface area contributed by atoms with Crippen molar-refractivity contribution in [3.05, 3.63) is 0 Å². The molecule has 0 aromatic carbocycles. The van der Waals surface area contributed by atoms with Crippen molar-refractivity contribution in [2.75, 3.05) is 26.7 Å². The molecule has 0 atom stereocenters. The van der Waals surface area contributed by atoms with Crippen molar-refractivity contribution in [2.24, 2.45) is 0 Å². The summed E-state index contributed by atoms with van der Waals surface area (Å²) in [5.74, 6) is 0.119. The number of nitrogens with zero attached hydrogens (tertiary/aromatic N) is 1. The lowest BCUT2D eigenvalue weighted by Gasteiger charge is -2.32. The van der Waals surface area contributed by atoms with E-state index in [0.717, 1.165) is 25.9 Å². The van der Waals surface area contributed by atoms with E-state index in [1.165, 1.54) is 0 Å². The van der Waals surface area contributed by atoms with Gasteiger partial charge in [-0.3, -0.25) is 9.69 Å². The molecule has 0 unspecified atom stereocenters. The number of hydrogen-bond acceptors (Lipinski definition) is 3. The summed E-state index contributed by atoms with van der Waals surface area (Å²) in [6.07, 6.45) is 2.28. The number of amides is 1. The summed E-state index contributed by atoms with van der Waals surface area (Å²) in [4.78, 5) is 13.9. The Bertz CT molecular complexity index is 234. The van der Waals surface area contributed by atoms with Crippen molar-refractivity contribution < 1.29 is 4.79 Å². The molecule has 1 aliphatic heterocycles. The van der Waals surface area contributed by atoms with Crippen LogP contribution >= 0.6 is 12.4 Å². The van der Waals surface area contributed by atoms with Crippen LogP contribution in [0.1, 0.15) is 33.6 Å². The average Bonchev–Trinajstić information content (AvgIpc) is 2.16. The highest BCUT2D eigenvalue weighted by molar-refractivity contribution is 5.85. The van der Waals surface area contributed by atoms with Gasteiger partial charge in [0.05, 0.1) is 6.54 Å². The van der Waals surface area contributed by atoms with Gasteiger partial charge >= 0.3 is 0 Å². The molecular formula is C12H26ClN3O. The summed E-state index contributed by atoms with van der Waals surface area (Å²) < 4.78 is 0. The van der Waals surface area contributed by atoms with Crippen molar-refractivity contribution >= 4 is 18.3 Å². The Labute approximate surface area is 111 Å². The molecule has 0 spiro atoms. The summed E-state index contributed by atoms with van der Waals surface area (Å²) in [6.45, 7) is 8.66. The lowest BCUT2D eigenvalue weighted by molar-refractivity contribution is -0.123. The first-order valence-electron chi connectivity index (χ1n) is 6.10. The third-order valence-electron chi connectivity index (χ3n) is 2.84. The Hall–Kier alpha value is -0.320. The number of halogens is 1. The van der Waals surface area contributed by atoms with E-state index in [4.69, 9.17) is 0 Å². The minimum Gasteiger partial charge on any atom is -0.350 e. The molecule has 1 saturated heterocycles. The molecule has 5 heteroatoms. The van der Waals surface area contributed by atoms with Gasteiger partial charge in [-0.2, -0.15) is 0 Å². The van der Waals surface area contributed by atoms with Crippen LogP contribution in [-0.4, -0.2) is 49.1 Å². The number of rotatable bonds is 3. The Morgan fingerprint density at radius 2 is 1.88 bits per heavy atom. The standard InChI is InChI=1S/C12H25N3O.ClH/c1-12(2,3)14-11(16)9-15(4)10-5-7-13-8-6-10;/h10,13H,5-9H2,1-4H3,(H,14,16);1H. The van der Waals surface area contributed by atoms with Crippen LogP contribution in [0.5, 0.6) is 0 Å². The molecule has 17 heavy (non-hydrogen) atoms. The third-order valence-corrected chi connectivity index (χ3v) is 2.84. The van der Waals surface area contributed by atoms with Gasteiger partial charge in [0.1, 0.15) is 0 Å². The van der Waals surface area contributed by atoms with Crippen LogP contribution in [0.3, 0.4) is 0 Å². The van der Waals surface area contributed by atoms with Crippen LogP contribution in [0, 0.1) is 0 Å². The molecule has 0 aromatic rings. The molecule has 1 heterocycles. The van der Waals surface area contributed by atoms with Gasteiger partial charge in [-0.15, -0.1) is 12.4 Å². The highest BCUT2D eigenvalue weighted by Gasteiger charge is 2.21. The summed E-state index contributed by atoms with van der Waals surface area (Å²) in [6, 6.07) is 0.548. The maximum atomic E-state index is 11.7. The molecule has 0 bridgehead atoms. The normalized spacial score (nSPS) is 17.7. The summed E-state index contributed by atoms with van der Waals surface area (Å²) in [5.41, 5.74) is -0.133. The zero-order valence-electron chi connectivity index (χ0n) is 11.4. The quantitative estimate of drug-likeness (QED) is 0.799. The van der Waals surface area contributed by atoms with E-state index >= 15 is 0 Å². The number of hydrogen-bond donors (Lipinski definition) is 2. The number of likely N-dealkylation sites (N-methyl/N-ethyl adjacent to an activating group) is 1. The van der Waals surface area contributed by atoms with Gasteiger partial charge < -0.3 is 10.6 Å². The highest BCUT2D eigenvalue weighted by atomic mass is 35.5. The zero-order valence-corrected chi connectivity index (χ0v) is 12.2. The van der Waals surface area contributed by atoms with Crippen LogP contribution < -0.4 is 10.6 Å². The van der Waals surface area contributed by atoms with Gasteiger partial charge in [0.2, 0.25) is 5.91 Å². The van der Waals surface area contributed by atoms with Crippen LogP contribution in [0.25, 0.3) is 0 Å². The average molecular weight is 264 g/mol. The maximum Gasteiger partial charge on any atom is 0.234 e. The largest absolute Gasteiger partial charge is 0.350 e. The first-order chi connectivity index (χ1) is 7.38. The second kappa shape index (κ2) is 7.19. The van der Waals surface area contributed by atoms with E-state index in [1.54, 1.807) is 0 Å². The van der Waals surface area contributed by atoms with E-state index < -0.39 is 0 Å². The topological polar surface area (TPSA) is 44.4 Å². The Morgan fingerprint density at radius 1 is 1.35 bits per heavy atom. The van der Waals surface area contributed by atoms with Gasteiger partial charge in [0, 0.05) is 11.6 Å². The molecule has 4 nitrogen and oxygen atoms in total.